The highest BCUT2D eigenvalue weighted by Crippen LogP contribution is 2.33. The van der Waals surface area contributed by atoms with Crippen molar-refractivity contribution >= 4 is 62.3 Å². The maximum atomic E-state index is 14.3. The number of hydrogen-bond acceptors (Lipinski definition) is 5. The van der Waals surface area contributed by atoms with Crippen LogP contribution in [-0.2, 0) is 26.2 Å². The normalized spacial score (nSPS) is 12.7. The lowest BCUT2D eigenvalue weighted by molar-refractivity contribution is -0.140. The standard InChI is InChI=1S/C31H36Cl3N3O5S/c1-5-21(4)35-31(39)27(6-2)36(19-22-12-13-24(33)18-26(22)34)30(38)20-37(28-10-8-9-11-29(28)42-7-3)43(40,41)25-16-14-23(32)15-17-25/h8-18,21,27H,5-7,19-20H2,1-4H3,(H,35,39)/t21-,27+/m1/s1. The largest absolute Gasteiger partial charge is 0.492 e. The lowest BCUT2D eigenvalue weighted by atomic mass is 10.1. The van der Waals surface area contributed by atoms with E-state index in [0.29, 0.717) is 27.1 Å². The number of rotatable bonds is 14. The fourth-order valence-corrected chi connectivity index (χ4v) is 6.40. The monoisotopic (exact) mass is 667 g/mol. The van der Waals surface area contributed by atoms with Crippen LogP contribution in [0.4, 0.5) is 5.69 Å². The topological polar surface area (TPSA) is 96.0 Å². The second-order valence-corrected chi connectivity index (χ2v) is 13.0. The van der Waals surface area contributed by atoms with Crippen molar-refractivity contribution in [3.8, 4) is 5.75 Å². The molecular weight excluding hydrogens is 633 g/mol. The van der Waals surface area contributed by atoms with E-state index in [1.807, 2.05) is 13.8 Å². The fraction of sp³-hybridized carbons (Fsp3) is 0.355. The molecule has 3 rings (SSSR count). The molecule has 232 valence electrons. The predicted octanol–water partition coefficient (Wildman–Crippen LogP) is 6.96. The van der Waals surface area contributed by atoms with E-state index in [2.05, 4.69) is 5.32 Å². The molecule has 0 spiro atoms. The van der Waals surface area contributed by atoms with Crippen molar-refractivity contribution in [1.29, 1.82) is 0 Å². The first-order valence-corrected chi connectivity index (χ1v) is 16.5. The average molecular weight is 669 g/mol. The van der Waals surface area contributed by atoms with Crippen molar-refractivity contribution in [3.05, 3.63) is 87.4 Å². The third kappa shape index (κ3) is 8.79. The first-order valence-electron chi connectivity index (χ1n) is 14.0. The number of ether oxygens (including phenoxy) is 1. The summed E-state index contributed by atoms with van der Waals surface area (Å²) < 4.78 is 35.0. The van der Waals surface area contributed by atoms with Gasteiger partial charge >= 0.3 is 0 Å². The zero-order valence-corrected chi connectivity index (χ0v) is 27.6. The molecule has 0 unspecified atom stereocenters. The Hall–Kier alpha value is -2.98. The van der Waals surface area contributed by atoms with Gasteiger partial charge < -0.3 is 15.0 Å². The minimum Gasteiger partial charge on any atom is -0.492 e. The van der Waals surface area contributed by atoms with E-state index >= 15 is 0 Å². The zero-order chi connectivity index (χ0) is 31.7. The number of para-hydroxylation sites is 2. The van der Waals surface area contributed by atoms with Crippen molar-refractivity contribution in [2.75, 3.05) is 17.5 Å². The lowest BCUT2D eigenvalue weighted by Gasteiger charge is -2.34. The molecule has 3 aromatic carbocycles. The second kappa shape index (κ2) is 15.7. The number of carbonyl (C=O) groups is 2. The summed E-state index contributed by atoms with van der Waals surface area (Å²) in [6.07, 6.45) is 0.971. The van der Waals surface area contributed by atoms with Crippen LogP contribution in [0.15, 0.2) is 71.6 Å². The number of sulfonamides is 1. The molecule has 0 heterocycles. The number of hydrogen-bond donors (Lipinski definition) is 1. The number of anilines is 1. The molecular formula is C31H36Cl3N3O5S. The second-order valence-electron chi connectivity index (χ2n) is 9.87. The van der Waals surface area contributed by atoms with E-state index in [4.69, 9.17) is 39.5 Å². The van der Waals surface area contributed by atoms with Gasteiger partial charge in [0.15, 0.2) is 0 Å². The van der Waals surface area contributed by atoms with E-state index < -0.39 is 28.5 Å². The minimum atomic E-state index is -4.30. The van der Waals surface area contributed by atoms with E-state index in [1.165, 1.54) is 29.2 Å². The third-order valence-electron chi connectivity index (χ3n) is 6.86. The molecule has 1 N–H and O–H groups in total. The molecule has 0 aliphatic rings. The molecule has 2 amide bonds. The van der Waals surface area contributed by atoms with Gasteiger partial charge in [-0.05, 0) is 80.8 Å². The number of benzene rings is 3. The van der Waals surface area contributed by atoms with Crippen LogP contribution in [0.25, 0.3) is 0 Å². The average Bonchev–Trinajstić information content (AvgIpc) is 2.97. The number of halogens is 3. The minimum absolute atomic E-state index is 0.0524. The van der Waals surface area contributed by atoms with E-state index in [9.17, 15) is 18.0 Å². The van der Waals surface area contributed by atoms with Gasteiger partial charge in [-0.3, -0.25) is 13.9 Å². The van der Waals surface area contributed by atoms with Gasteiger partial charge in [0.25, 0.3) is 10.0 Å². The van der Waals surface area contributed by atoms with Gasteiger partial charge in [0, 0.05) is 27.7 Å². The maximum absolute atomic E-state index is 14.3. The van der Waals surface area contributed by atoms with Crippen molar-refractivity contribution in [1.82, 2.24) is 10.2 Å². The maximum Gasteiger partial charge on any atom is 0.264 e. The molecule has 0 aliphatic carbocycles. The summed E-state index contributed by atoms with van der Waals surface area (Å²) in [4.78, 5) is 29.0. The molecule has 0 aromatic heterocycles. The smallest absolute Gasteiger partial charge is 0.264 e. The van der Waals surface area contributed by atoms with Gasteiger partial charge in [0.2, 0.25) is 11.8 Å². The Morgan fingerprint density at radius 3 is 2.16 bits per heavy atom. The summed E-state index contributed by atoms with van der Waals surface area (Å²) in [6, 6.07) is 16.1. The molecule has 43 heavy (non-hydrogen) atoms. The van der Waals surface area contributed by atoms with E-state index in [-0.39, 0.29) is 47.9 Å². The number of carbonyl (C=O) groups excluding carboxylic acids is 2. The van der Waals surface area contributed by atoms with E-state index in [1.54, 1.807) is 56.3 Å². The highest BCUT2D eigenvalue weighted by atomic mass is 35.5. The van der Waals surface area contributed by atoms with Crippen LogP contribution >= 0.6 is 34.8 Å². The molecule has 0 saturated heterocycles. The fourth-order valence-electron chi connectivity index (χ4n) is 4.38. The van der Waals surface area contributed by atoms with Crippen LogP contribution in [0, 0.1) is 0 Å². The van der Waals surface area contributed by atoms with Gasteiger partial charge in [-0.2, -0.15) is 0 Å². The Morgan fingerprint density at radius 2 is 1.56 bits per heavy atom. The highest BCUT2D eigenvalue weighted by Gasteiger charge is 2.35. The zero-order valence-electron chi connectivity index (χ0n) is 24.5. The third-order valence-corrected chi connectivity index (χ3v) is 9.47. The Morgan fingerprint density at radius 1 is 0.907 bits per heavy atom. The van der Waals surface area contributed by atoms with Crippen molar-refractivity contribution in [3.63, 3.8) is 0 Å². The SMILES string of the molecule is CCOc1ccccc1N(CC(=O)N(Cc1ccc(Cl)cc1Cl)[C@@H](CC)C(=O)N[C@H](C)CC)S(=O)(=O)c1ccc(Cl)cc1. The molecule has 8 nitrogen and oxygen atoms in total. The highest BCUT2D eigenvalue weighted by molar-refractivity contribution is 7.92. The quantitative estimate of drug-likeness (QED) is 0.200. The molecule has 0 fully saturated rings. The van der Waals surface area contributed by atoms with Gasteiger partial charge in [-0.1, -0.05) is 66.8 Å². The molecule has 3 aromatic rings. The van der Waals surface area contributed by atoms with E-state index in [0.717, 1.165) is 4.31 Å². The molecule has 0 bridgehead atoms. The van der Waals surface area contributed by atoms with Gasteiger partial charge in [0.1, 0.15) is 18.3 Å². The Balaban J connectivity index is 2.13. The summed E-state index contributed by atoms with van der Waals surface area (Å²) in [6.45, 7) is 6.98. The lowest BCUT2D eigenvalue weighted by Crippen LogP contribution is -2.53. The molecule has 12 heteroatoms. The van der Waals surface area contributed by atoms with Crippen LogP contribution in [0.2, 0.25) is 15.1 Å². The summed E-state index contributed by atoms with van der Waals surface area (Å²) in [7, 11) is -4.30. The Kier molecular flexibility index (Phi) is 12.6. The van der Waals surface area contributed by atoms with Crippen LogP contribution in [-0.4, -0.2) is 50.4 Å². The van der Waals surface area contributed by atoms with Gasteiger partial charge in [0.05, 0.1) is 17.2 Å². The van der Waals surface area contributed by atoms with Crippen LogP contribution in [0.3, 0.4) is 0 Å². The first-order chi connectivity index (χ1) is 20.4. The first kappa shape index (κ1) is 34.5. The predicted molar refractivity (Wildman–Crippen MR) is 173 cm³/mol. The summed E-state index contributed by atoms with van der Waals surface area (Å²) in [5, 5.41) is 4.04. The molecule has 0 radical (unpaired) electrons. The van der Waals surface area contributed by atoms with Crippen molar-refractivity contribution < 1.29 is 22.7 Å². The van der Waals surface area contributed by atoms with Crippen molar-refractivity contribution in [2.24, 2.45) is 0 Å². The Bertz CT molecular complexity index is 1520. The number of nitrogens with one attached hydrogen (secondary N) is 1. The molecule has 0 saturated carbocycles. The number of nitrogens with zero attached hydrogens (tertiary/aromatic N) is 2. The van der Waals surface area contributed by atoms with Crippen LogP contribution < -0.4 is 14.4 Å². The van der Waals surface area contributed by atoms with Crippen molar-refractivity contribution in [2.45, 2.75) is 64.1 Å². The van der Waals surface area contributed by atoms with Crippen LogP contribution in [0.1, 0.15) is 46.1 Å². The van der Waals surface area contributed by atoms with Gasteiger partial charge in [-0.25, -0.2) is 8.42 Å². The summed E-state index contributed by atoms with van der Waals surface area (Å²) >= 11 is 18.6. The van der Waals surface area contributed by atoms with Crippen LogP contribution in [0.5, 0.6) is 5.75 Å². The summed E-state index contributed by atoms with van der Waals surface area (Å²) in [5.74, 6) is -0.678. The molecule has 0 aliphatic heterocycles. The Labute approximate surface area is 268 Å². The number of amides is 2. The van der Waals surface area contributed by atoms with Gasteiger partial charge in [-0.15, -0.1) is 0 Å². The molecule has 2 atom stereocenters. The summed E-state index contributed by atoms with van der Waals surface area (Å²) in [5.41, 5.74) is 0.727.